The Morgan fingerprint density at radius 3 is 2.05 bits per heavy atom. The lowest BCUT2D eigenvalue weighted by atomic mass is 10.1. The lowest BCUT2D eigenvalue weighted by molar-refractivity contribution is 0.0506. The van der Waals surface area contributed by atoms with Gasteiger partial charge in [-0.2, -0.15) is 0 Å². The first-order valence-electron chi connectivity index (χ1n) is 12.9. The van der Waals surface area contributed by atoms with Crippen LogP contribution in [-0.2, 0) is 11.3 Å². The molecule has 3 aromatic carbocycles. The van der Waals surface area contributed by atoms with Gasteiger partial charge in [0.2, 0.25) is 5.82 Å². The molecule has 1 N–H and O–H groups in total. The van der Waals surface area contributed by atoms with Crippen molar-refractivity contribution < 1.29 is 14.3 Å². The average molecular weight is 513 g/mol. The molecule has 37 heavy (non-hydrogen) atoms. The molecule has 0 unspecified atom stereocenters. The maximum Gasteiger partial charge on any atom is 0.374 e. The number of carbonyl (C=O) groups is 1. The SMILES string of the molecule is CCOC(=O)c1nc(-c2ccc(C)cc2)cn1CCCC(C)(C)[Si](O)(c1ccccc1)c1ccccc1. The smallest absolute Gasteiger partial charge is 0.374 e. The molecule has 0 bridgehead atoms. The van der Waals surface area contributed by atoms with Gasteiger partial charge in [-0.15, -0.1) is 0 Å². The highest BCUT2D eigenvalue weighted by atomic mass is 28.4. The highest BCUT2D eigenvalue weighted by Gasteiger charge is 2.49. The molecule has 4 rings (SSSR count). The maximum atomic E-state index is 12.7. The normalized spacial score (nSPS) is 11.9. The fourth-order valence-corrected chi connectivity index (χ4v) is 8.77. The molecule has 0 spiro atoms. The van der Waals surface area contributed by atoms with Gasteiger partial charge in [-0.1, -0.05) is 104 Å². The van der Waals surface area contributed by atoms with E-state index in [1.165, 1.54) is 5.56 Å². The predicted octanol–water partition coefficient (Wildman–Crippen LogP) is 5.35. The standard InChI is InChI=1S/C31H36N2O3Si/c1-5-36-30(34)29-32-28(25-19-17-24(2)18-20-25)23-33(29)22-12-21-31(3,4)37(35,26-13-8-6-9-14-26)27-15-10-7-11-16-27/h6-11,13-20,23,35H,5,12,21-22H2,1-4H3. The number of nitrogens with zero attached hydrogens (tertiary/aromatic N) is 2. The van der Waals surface area contributed by atoms with Crippen LogP contribution in [0.15, 0.2) is 91.1 Å². The number of aromatic nitrogens is 2. The van der Waals surface area contributed by atoms with Crippen molar-refractivity contribution in [1.29, 1.82) is 0 Å². The largest absolute Gasteiger partial charge is 0.460 e. The molecule has 5 nitrogen and oxygen atoms in total. The van der Waals surface area contributed by atoms with Gasteiger partial charge in [0.25, 0.3) is 8.32 Å². The predicted molar refractivity (Wildman–Crippen MR) is 152 cm³/mol. The van der Waals surface area contributed by atoms with Crippen LogP contribution in [0.5, 0.6) is 0 Å². The topological polar surface area (TPSA) is 64.3 Å². The summed E-state index contributed by atoms with van der Waals surface area (Å²) in [4.78, 5) is 29.8. The van der Waals surface area contributed by atoms with Crippen molar-refractivity contribution >= 4 is 24.7 Å². The Kier molecular flexibility index (Phi) is 8.10. The van der Waals surface area contributed by atoms with Crippen LogP contribution in [0.3, 0.4) is 0 Å². The Morgan fingerprint density at radius 1 is 0.946 bits per heavy atom. The zero-order chi connectivity index (χ0) is 26.5. The van der Waals surface area contributed by atoms with Crippen molar-refractivity contribution in [2.24, 2.45) is 0 Å². The number of imidazole rings is 1. The minimum Gasteiger partial charge on any atom is -0.460 e. The molecule has 0 saturated heterocycles. The van der Waals surface area contributed by atoms with Crippen LogP contribution in [0.2, 0.25) is 5.04 Å². The van der Waals surface area contributed by atoms with Crippen LogP contribution in [0.1, 0.15) is 49.8 Å². The first-order valence-corrected chi connectivity index (χ1v) is 14.9. The molecule has 0 radical (unpaired) electrons. The van der Waals surface area contributed by atoms with Gasteiger partial charge in [-0.05, 0) is 42.1 Å². The van der Waals surface area contributed by atoms with E-state index in [-0.39, 0.29) is 5.04 Å². The van der Waals surface area contributed by atoms with E-state index in [9.17, 15) is 9.59 Å². The van der Waals surface area contributed by atoms with E-state index in [4.69, 9.17) is 4.74 Å². The Bertz CT molecular complexity index is 1280. The van der Waals surface area contributed by atoms with E-state index < -0.39 is 14.3 Å². The van der Waals surface area contributed by atoms with Crippen LogP contribution in [0.4, 0.5) is 0 Å². The highest BCUT2D eigenvalue weighted by Crippen LogP contribution is 2.40. The van der Waals surface area contributed by atoms with Crippen molar-refractivity contribution in [2.75, 3.05) is 6.61 Å². The zero-order valence-electron chi connectivity index (χ0n) is 22.1. The fourth-order valence-electron chi connectivity index (χ4n) is 4.99. The number of rotatable bonds is 10. The van der Waals surface area contributed by atoms with E-state index in [1.807, 2.05) is 103 Å². The third-order valence-electron chi connectivity index (χ3n) is 7.15. The number of ether oxygens (including phenoxy) is 1. The quantitative estimate of drug-likeness (QED) is 0.230. The lowest BCUT2D eigenvalue weighted by Gasteiger charge is -2.41. The number of hydrogen-bond donors (Lipinski definition) is 1. The Morgan fingerprint density at radius 2 is 1.51 bits per heavy atom. The number of esters is 1. The number of carbonyl (C=O) groups excluding carboxylic acids is 1. The zero-order valence-corrected chi connectivity index (χ0v) is 23.1. The van der Waals surface area contributed by atoms with Gasteiger partial charge in [0.05, 0.1) is 12.3 Å². The Labute approximate surface area is 220 Å². The van der Waals surface area contributed by atoms with E-state index in [1.54, 1.807) is 6.92 Å². The van der Waals surface area contributed by atoms with Crippen molar-refractivity contribution in [1.82, 2.24) is 9.55 Å². The molecule has 0 saturated carbocycles. The molecule has 0 atom stereocenters. The average Bonchev–Trinajstić information content (AvgIpc) is 3.34. The molecule has 0 aliphatic heterocycles. The molecule has 4 aromatic rings. The van der Waals surface area contributed by atoms with Gasteiger partial charge in [-0.25, -0.2) is 9.78 Å². The molecule has 1 aromatic heterocycles. The molecule has 0 fully saturated rings. The van der Waals surface area contributed by atoms with Gasteiger partial charge < -0.3 is 14.1 Å². The Hall–Kier alpha value is -3.48. The van der Waals surface area contributed by atoms with E-state index >= 15 is 0 Å². The van der Waals surface area contributed by atoms with Crippen LogP contribution >= 0.6 is 0 Å². The monoisotopic (exact) mass is 512 g/mol. The third-order valence-corrected chi connectivity index (χ3v) is 11.7. The van der Waals surface area contributed by atoms with Gasteiger partial charge in [-0.3, -0.25) is 0 Å². The highest BCUT2D eigenvalue weighted by molar-refractivity contribution is 6.98. The third kappa shape index (κ3) is 5.60. The van der Waals surface area contributed by atoms with Crippen molar-refractivity contribution in [2.45, 2.75) is 52.1 Å². The minimum absolute atomic E-state index is 0.297. The van der Waals surface area contributed by atoms with Gasteiger partial charge >= 0.3 is 5.97 Å². The summed E-state index contributed by atoms with van der Waals surface area (Å²) >= 11 is 0. The summed E-state index contributed by atoms with van der Waals surface area (Å²) in [7, 11) is -3.08. The van der Waals surface area contributed by atoms with Crippen LogP contribution in [0.25, 0.3) is 11.3 Å². The van der Waals surface area contributed by atoms with Gasteiger partial charge in [0, 0.05) is 18.3 Å². The first kappa shape index (κ1) is 26.6. The number of benzene rings is 3. The molecule has 0 aliphatic rings. The number of aryl methyl sites for hydroxylation is 2. The second-order valence-electron chi connectivity index (χ2n) is 10.2. The molecular weight excluding hydrogens is 476 g/mol. The van der Waals surface area contributed by atoms with Crippen LogP contribution in [0, 0.1) is 6.92 Å². The van der Waals surface area contributed by atoms with Crippen molar-refractivity contribution in [3.8, 4) is 11.3 Å². The molecule has 1 heterocycles. The minimum atomic E-state index is -3.08. The fraction of sp³-hybridized carbons (Fsp3) is 0.290. The summed E-state index contributed by atoms with van der Waals surface area (Å²) in [5, 5.41) is 1.64. The van der Waals surface area contributed by atoms with Crippen LogP contribution in [-0.4, -0.2) is 35.2 Å². The lowest BCUT2D eigenvalue weighted by Crippen LogP contribution is -2.65. The number of hydrogen-bond acceptors (Lipinski definition) is 4. The molecular formula is C31H36N2O3Si. The summed E-state index contributed by atoms with van der Waals surface area (Å²) in [5.41, 5.74) is 2.89. The first-order chi connectivity index (χ1) is 17.8. The van der Waals surface area contributed by atoms with Crippen LogP contribution < -0.4 is 10.4 Å². The molecule has 192 valence electrons. The van der Waals surface area contributed by atoms with E-state index in [2.05, 4.69) is 18.8 Å². The van der Waals surface area contributed by atoms with Gasteiger partial charge in [0.15, 0.2) is 0 Å². The van der Waals surface area contributed by atoms with E-state index in [0.717, 1.165) is 34.5 Å². The summed E-state index contributed by atoms with van der Waals surface area (Å²) in [6.45, 7) is 9.07. The van der Waals surface area contributed by atoms with Crippen molar-refractivity contribution in [3.05, 3.63) is 103 Å². The maximum absolute atomic E-state index is 12.7. The summed E-state index contributed by atoms with van der Waals surface area (Å²) in [6, 6.07) is 28.3. The summed E-state index contributed by atoms with van der Waals surface area (Å²) < 4.78 is 7.20. The van der Waals surface area contributed by atoms with Crippen molar-refractivity contribution in [3.63, 3.8) is 0 Å². The Balaban J connectivity index is 1.60. The second kappa shape index (κ2) is 11.3. The van der Waals surface area contributed by atoms with Gasteiger partial charge in [0.1, 0.15) is 0 Å². The molecule has 0 aliphatic carbocycles. The molecule has 6 heteroatoms. The summed E-state index contributed by atoms with van der Waals surface area (Å²) in [5.74, 6) is -0.103. The second-order valence-corrected chi connectivity index (χ2v) is 14.1. The van der Waals surface area contributed by atoms with E-state index in [0.29, 0.717) is 19.0 Å². The molecule has 0 amide bonds. The summed E-state index contributed by atoms with van der Waals surface area (Å²) in [6.07, 6.45) is 3.49.